The number of aromatic nitrogens is 1. The van der Waals surface area contributed by atoms with Gasteiger partial charge >= 0.3 is 0 Å². The summed E-state index contributed by atoms with van der Waals surface area (Å²) in [6.07, 6.45) is 1.30. The number of carbonyl (C=O) groups excluding carboxylic acids is 1. The van der Waals surface area contributed by atoms with E-state index < -0.39 is 0 Å². The van der Waals surface area contributed by atoms with E-state index in [2.05, 4.69) is 60.1 Å². The molecule has 0 fully saturated rings. The summed E-state index contributed by atoms with van der Waals surface area (Å²) in [4.78, 5) is 12.1. The molecule has 0 aliphatic carbocycles. The Bertz CT molecular complexity index is 834. The van der Waals surface area contributed by atoms with Gasteiger partial charge in [0.15, 0.2) is 0 Å². The van der Waals surface area contributed by atoms with E-state index in [9.17, 15) is 4.79 Å². The Morgan fingerprint density at radius 1 is 1.08 bits per heavy atom. The Hall–Kier alpha value is -2.55. The first-order chi connectivity index (χ1) is 11.7. The minimum atomic E-state index is 0.0999. The van der Waals surface area contributed by atoms with Gasteiger partial charge in [-0.2, -0.15) is 0 Å². The van der Waals surface area contributed by atoms with Crippen LogP contribution in [0.15, 0.2) is 54.6 Å². The summed E-state index contributed by atoms with van der Waals surface area (Å²) in [5, 5.41) is 4.30. The molecule has 1 amide bonds. The molecular weight excluding hydrogens is 296 g/mol. The first-order valence-corrected chi connectivity index (χ1v) is 8.56. The zero-order valence-electron chi connectivity index (χ0n) is 14.4. The minimum absolute atomic E-state index is 0.0999. The third-order valence-electron chi connectivity index (χ3n) is 4.41. The first kappa shape index (κ1) is 16.3. The molecule has 24 heavy (non-hydrogen) atoms. The average molecular weight is 320 g/mol. The van der Waals surface area contributed by atoms with Crippen LogP contribution in [0.2, 0.25) is 0 Å². The normalized spacial score (nSPS) is 10.9. The largest absolute Gasteiger partial charge is 0.351 e. The van der Waals surface area contributed by atoms with E-state index in [1.54, 1.807) is 0 Å². The van der Waals surface area contributed by atoms with Gasteiger partial charge in [-0.05, 0) is 44.0 Å². The van der Waals surface area contributed by atoms with Crippen molar-refractivity contribution < 1.29 is 4.79 Å². The van der Waals surface area contributed by atoms with Gasteiger partial charge < -0.3 is 9.88 Å². The maximum absolute atomic E-state index is 12.1. The fourth-order valence-electron chi connectivity index (χ4n) is 3.15. The average Bonchev–Trinajstić information content (AvgIpc) is 2.95. The summed E-state index contributed by atoms with van der Waals surface area (Å²) in [6, 6.07) is 18.8. The molecule has 0 bridgehead atoms. The van der Waals surface area contributed by atoms with Crippen LogP contribution in [0.5, 0.6) is 0 Å². The van der Waals surface area contributed by atoms with Gasteiger partial charge in [0.2, 0.25) is 5.91 Å². The minimum Gasteiger partial charge on any atom is -0.351 e. The number of nitrogens with one attached hydrogen (secondary N) is 1. The predicted octanol–water partition coefficient (Wildman–Crippen LogP) is 4.22. The molecule has 0 aliphatic heterocycles. The lowest BCUT2D eigenvalue weighted by Gasteiger charge is -2.09. The highest BCUT2D eigenvalue weighted by atomic mass is 16.1. The molecule has 0 saturated carbocycles. The number of benzene rings is 2. The Morgan fingerprint density at radius 3 is 2.62 bits per heavy atom. The summed E-state index contributed by atoms with van der Waals surface area (Å²) in [5.41, 5.74) is 4.85. The van der Waals surface area contributed by atoms with Gasteiger partial charge in [0, 0.05) is 29.6 Å². The van der Waals surface area contributed by atoms with Crippen LogP contribution in [0.3, 0.4) is 0 Å². The van der Waals surface area contributed by atoms with E-state index in [1.165, 1.54) is 22.0 Å². The van der Waals surface area contributed by atoms with Crippen molar-refractivity contribution in [1.82, 2.24) is 9.88 Å². The maximum atomic E-state index is 12.1. The third-order valence-corrected chi connectivity index (χ3v) is 4.41. The number of aryl methyl sites for hydroxylation is 3. The van der Waals surface area contributed by atoms with Gasteiger partial charge in [0.1, 0.15) is 0 Å². The van der Waals surface area contributed by atoms with Crippen molar-refractivity contribution in [2.24, 2.45) is 0 Å². The van der Waals surface area contributed by atoms with Crippen LogP contribution in [0.25, 0.3) is 10.9 Å². The van der Waals surface area contributed by atoms with Crippen LogP contribution < -0.4 is 5.32 Å². The molecule has 1 heterocycles. The molecule has 1 aromatic heterocycles. The van der Waals surface area contributed by atoms with Crippen molar-refractivity contribution in [3.05, 3.63) is 71.4 Å². The van der Waals surface area contributed by atoms with E-state index in [1.807, 2.05) is 18.2 Å². The number of rotatable bonds is 6. The molecular formula is C21H24N2O. The van der Waals surface area contributed by atoms with Crippen LogP contribution in [-0.4, -0.2) is 10.5 Å². The number of nitrogens with zero attached hydrogens (tertiary/aromatic N) is 1. The fourth-order valence-corrected chi connectivity index (χ4v) is 3.15. The van der Waals surface area contributed by atoms with Crippen LogP contribution >= 0.6 is 0 Å². The Balaban J connectivity index is 1.63. The van der Waals surface area contributed by atoms with Crippen LogP contribution in [0.4, 0.5) is 0 Å². The highest BCUT2D eigenvalue weighted by Gasteiger charge is 2.09. The SMILES string of the molecule is CCn1c(CNC(=O)CCc2ccccc2)cc2cc(C)ccc21. The third kappa shape index (κ3) is 3.67. The van der Waals surface area contributed by atoms with Gasteiger partial charge in [-0.15, -0.1) is 0 Å². The number of carbonyl (C=O) groups is 1. The van der Waals surface area contributed by atoms with Crippen molar-refractivity contribution in [3.8, 4) is 0 Å². The van der Waals surface area contributed by atoms with E-state index >= 15 is 0 Å². The van der Waals surface area contributed by atoms with E-state index in [0.29, 0.717) is 13.0 Å². The standard InChI is InChI=1S/C21H24N2O/c1-3-23-19(14-18-13-16(2)9-11-20(18)23)15-22-21(24)12-10-17-7-5-4-6-8-17/h4-9,11,13-14H,3,10,12,15H2,1-2H3,(H,22,24). The molecule has 0 saturated heterocycles. The summed E-state index contributed by atoms with van der Waals surface area (Å²) in [5.74, 6) is 0.0999. The van der Waals surface area contributed by atoms with Crippen molar-refractivity contribution >= 4 is 16.8 Å². The van der Waals surface area contributed by atoms with E-state index in [4.69, 9.17) is 0 Å². The Morgan fingerprint density at radius 2 is 1.88 bits per heavy atom. The van der Waals surface area contributed by atoms with Crippen LogP contribution in [0, 0.1) is 6.92 Å². The Kier molecular flexibility index (Phi) is 4.99. The molecule has 3 aromatic rings. The van der Waals surface area contributed by atoms with Crippen LogP contribution in [0.1, 0.15) is 30.2 Å². The lowest BCUT2D eigenvalue weighted by Crippen LogP contribution is -2.24. The number of hydrogen-bond acceptors (Lipinski definition) is 1. The van der Waals surface area contributed by atoms with Gasteiger partial charge in [0.25, 0.3) is 0 Å². The van der Waals surface area contributed by atoms with Gasteiger partial charge in [0.05, 0.1) is 6.54 Å². The van der Waals surface area contributed by atoms with Gasteiger partial charge in [-0.3, -0.25) is 4.79 Å². The summed E-state index contributed by atoms with van der Waals surface area (Å²) in [7, 11) is 0. The number of fused-ring (bicyclic) bond motifs is 1. The predicted molar refractivity (Wildman–Crippen MR) is 99.0 cm³/mol. The lowest BCUT2D eigenvalue weighted by molar-refractivity contribution is -0.121. The molecule has 0 aliphatic rings. The van der Waals surface area contributed by atoms with Gasteiger partial charge in [-0.25, -0.2) is 0 Å². The second-order valence-corrected chi connectivity index (χ2v) is 6.20. The van der Waals surface area contributed by atoms with Crippen LogP contribution in [-0.2, 0) is 24.3 Å². The fraction of sp³-hybridized carbons (Fsp3) is 0.286. The zero-order valence-corrected chi connectivity index (χ0v) is 14.4. The molecule has 1 N–H and O–H groups in total. The van der Waals surface area contributed by atoms with Crippen molar-refractivity contribution in [2.75, 3.05) is 0 Å². The smallest absolute Gasteiger partial charge is 0.220 e. The summed E-state index contributed by atoms with van der Waals surface area (Å²) in [6.45, 7) is 5.73. The molecule has 0 spiro atoms. The summed E-state index contributed by atoms with van der Waals surface area (Å²) >= 11 is 0. The Labute approximate surface area is 143 Å². The molecule has 0 atom stereocenters. The highest BCUT2D eigenvalue weighted by Crippen LogP contribution is 2.21. The van der Waals surface area contributed by atoms with Crippen molar-refractivity contribution in [1.29, 1.82) is 0 Å². The number of amides is 1. The second kappa shape index (κ2) is 7.35. The quantitative estimate of drug-likeness (QED) is 0.725. The lowest BCUT2D eigenvalue weighted by atomic mass is 10.1. The molecule has 0 radical (unpaired) electrons. The first-order valence-electron chi connectivity index (χ1n) is 8.56. The van der Waals surface area contributed by atoms with Crippen molar-refractivity contribution in [2.45, 2.75) is 39.8 Å². The van der Waals surface area contributed by atoms with E-state index in [0.717, 1.165) is 18.7 Å². The topological polar surface area (TPSA) is 34.0 Å². The molecule has 3 heteroatoms. The molecule has 2 aromatic carbocycles. The molecule has 3 nitrogen and oxygen atoms in total. The molecule has 0 unspecified atom stereocenters. The monoisotopic (exact) mass is 320 g/mol. The molecule has 124 valence electrons. The summed E-state index contributed by atoms with van der Waals surface area (Å²) < 4.78 is 2.27. The number of hydrogen-bond donors (Lipinski definition) is 1. The van der Waals surface area contributed by atoms with Gasteiger partial charge in [-0.1, -0.05) is 42.0 Å². The van der Waals surface area contributed by atoms with E-state index in [-0.39, 0.29) is 5.91 Å². The zero-order chi connectivity index (χ0) is 16.9. The second-order valence-electron chi connectivity index (χ2n) is 6.20. The molecule has 3 rings (SSSR count). The maximum Gasteiger partial charge on any atom is 0.220 e. The van der Waals surface area contributed by atoms with Crippen molar-refractivity contribution in [3.63, 3.8) is 0 Å². The highest BCUT2D eigenvalue weighted by molar-refractivity contribution is 5.82.